The van der Waals surface area contributed by atoms with Crippen molar-refractivity contribution in [3.63, 3.8) is 0 Å². The number of methoxy groups -OCH3 is 1. The van der Waals surface area contributed by atoms with Gasteiger partial charge in [-0.15, -0.1) is 10.2 Å². The fourth-order valence-electron chi connectivity index (χ4n) is 1.77. The highest BCUT2D eigenvalue weighted by atomic mass is 16.5. The number of carbonyl (C=O) groups excluding carboxylic acids is 1. The molecule has 0 saturated heterocycles. The Hall–Kier alpha value is -2.31. The normalized spacial score (nSPS) is 10.8. The van der Waals surface area contributed by atoms with Crippen LogP contribution in [0, 0.1) is 12.8 Å². The molecule has 2 aromatic rings. The SMILES string of the molecule is COC(=O)c1cc(-c2nnn(CC(C)C)n2)cc(C)n1. The Balaban J connectivity index is 2.34. The molecule has 0 spiro atoms. The van der Waals surface area contributed by atoms with Gasteiger partial charge in [-0.1, -0.05) is 13.8 Å². The summed E-state index contributed by atoms with van der Waals surface area (Å²) in [5.41, 5.74) is 1.64. The average Bonchev–Trinajstić information content (AvgIpc) is 2.84. The molecule has 0 fully saturated rings. The van der Waals surface area contributed by atoms with E-state index in [0.29, 0.717) is 29.5 Å². The van der Waals surface area contributed by atoms with Crippen LogP contribution in [0.2, 0.25) is 0 Å². The molecular formula is C13H17N5O2. The van der Waals surface area contributed by atoms with Crippen molar-refractivity contribution in [2.75, 3.05) is 7.11 Å². The van der Waals surface area contributed by atoms with Crippen LogP contribution in [0.15, 0.2) is 12.1 Å². The van der Waals surface area contributed by atoms with E-state index in [2.05, 4.69) is 39.0 Å². The van der Waals surface area contributed by atoms with Crippen LogP contribution in [0.4, 0.5) is 0 Å². The zero-order valence-corrected chi connectivity index (χ0v) is 12.0. The summed E-state index contributed by atoms with van der Waals surface area (Å²) in [5.74, 6) is 0.424. The first-order valence-electron chi connectivity index (χ1n) is 6.34. The van der Waals surface area contributed by atoms with E-state index in [4.69, 9.17) is 0 Å². The number of aromatic nitrogens is 5. The molecule has 0 aliphatic heterocycles. The first-order valence-corrected chi connectivity index (χ1v) is 6.34. The number of ether oxygens (including phenoxy) is 1. The summed E-state index contributed by atoms with van der Waals surface area (Å²) in [7, 11) is 1.32. The van der Waals surface area contributed by atoms with Crippen LogP contribution >= 0.6 is 0 Å². The summed E-state index contributed by atoms with van der Waals surface area (Å²) in [6.45, 7) is 6.65. The first kappa shape index (κ1) is 14.1. The number of pyridine rings is 1. The fraction of sp³-hybridized carbons (Fsp3) is 0.462. The van der Waals surface area contributed by atoms with Gasteiger partial charge in [0.2, 0.25) is 5.82 Å². The minimum absolute atomic E-state index is 0.239. The predicted molar refractivity (Wildman–Crippen MR) is 72.0 cm³/mol. The molecule has 106 valence electrons. The smallest absolute Gasteiger partial charge is 0.356 e. The van der Waals surface area contributed by atoms with Gasteiger partial charge in [-0.2, -0.15) is 4.80 Å². The monoisotopic (exact) mass is 275 g/mol. The minimum atomic E-state index is -0.482. The van der Waals surface area contributed by atoms with Crippen molar-refractivity contribution in [1.29, 1.82) is 0 Å². The largest absolute Gasteiger partial charge is 0.464 e. The van der Waals surface area contributed by atoms with Gasteiger partial charge in [0.15, 0.2) is 0 Å². The van der Waals surface area contributed by atoms with Crippen molar-refractivity contribution < 1.29 is 9.53 Å². The van der Waals surface area contributed by atoms with Crippen LogP contribution in [0.25, 0.3) is 11.4 Å². The molecule has 0 saturated carbocycles. The third-order valence-electron chi connectivity index (χ3n) is 2.59. The van der Waals surface area contributed by atoms with Crippen molar-refractivity contribution in [3.8, 4) is 11.4 Å². The van der Waals surface area contributed by atoms with E-state index >= 15 is 0 Å². The second kappa shape index (κ2) is 5.77. The standard InChI is InChI=1S/C13H17N5O2/c1-8(2)7-18-16-12(15-17-18)10-5-9(3)14-11(6-10)13(19)20-4/h5-6,8H,7H2,1-4H3. The van der Waals surface area contributed by atoms with Gasteiger partial charge < -0.3 is 4.74 Å². The molecule has 0 bridgehead atoms. The summed E-state index contributed by atoms with van der Waals surface area (Å²) in [6, 6.07) is 3.42. The van der Waals surface area contributed by atoms with Crippen LogP contribution < -0.4 is 0 Å². The minimum Gasteiger partial charge on any atom is -0.464 e. The molecule has 0 aliphatic carbocycles. The number of hydrogen-bond acceptors (Lipinski definition) is 6. The number of tetrazole rings is 1. The third-order valence-corrected chi connectivity index (χ3v) is 2.59. The summed E-state index contributed by atoms with van der Waals surface area (Å²) in [4.78, 5) is 17.2. The Morgan fingerprint density at radius 3 is 2.80 bits per heavy atom. The van der Waals surface area contributed by atoms with Gasteiger partial charge in [-0.25, -0.2) is 9.78 Å². The molecule has 0 N–H and O–H groups in total. The topological polar surface area (TPSA) is 82.8 Å². The predicted octanol–water partition coefficient (Wildman–Crippen LogP) is 1.49. The van der Waals surface area contributed by atoms with E-state index in [0.717, 1.165) is 0 Å². The molecule has 0 aliphatic rings. The highest BCUT2D eigenvalue weighted by molar-refractivity contribution is 5.88. The number of hydrogen-bond donors (Lipinski definition) is 0. The number of rotatable bonds is 4. The zero-order valence-electron chi connectivity index (χ0n) is 12.0. The lowest BCUT2D eigenvalue weighted by molar-refractivity contribution is 0.0594. The highest BCUT2D eigenvalue weighted by Gasteiger charge is 2.13. The number of aryl methyl sites for hydroxylation is 1. The van der Waals surface area contributed by atoms with Crippen molar-refractivity contribution in [2.24, 2.45) is 5.92 Å². The Bertz CT molecular complexity index is 621. The first-order chi connectivity index (χ1) is 9.49. The zero-order chi connectivity index (χ0) is 14.7. The van der Waals surface area contributed by atoms with Gasteiger partial charge in [0.25, 0.3) is 0 Å². The molecule has 2 rings (SSSR count). The maximum Gasteiger partial charge on any atom is 0.356 e. The summed E-state index contributed by atoms with van der Waals surface area (Å²) in [6.07, 6.45) is 0. The summed E-state index contributed by atoms with van der Waals surface area (Å²) < 4.78 is 4.68. The van der Waals surface area contributed by atoms with E-state index in [1.165, 1.54) is 7.11 Å². The van der Waals surface area contributed by atoms with Gasteiger partial charge in [0, 0.05) is 11.3 Å². The number of nitrogens with zero attached hydrogens (tertiary/aromatic N) is 5. The average molecular weight is 275 g/mol. The van der Waals surface area contributed by atoms with Crippen molar-refractivity contribution in [1.82, 2.24) is 25.2 Å². The van der Waals surface area contributed by atoms with E-state index in [-0.39, 0.29) is 5.69 Å². The number of esters is 1. The Morgan fingerprint density at radius 1 is 1.40 bits per heavy atom. The van der Waals surface area contributed by atoms with E-state index < -0.39 is 5.97 Å². The summed E-state index contributed by atoms with van der Waals surface area (Å²) >= 11 is 0. The maximum absolute atomic E-state index is 11.6. The van der Waals surface area contributed by atoms with Crippen LogP contribution in [0.1, 0.15) is 30.0 Å². The van der Waals surface area contributed by atoms with E-state index in [1.807, 2.05) is 6.07 Å². The van der Waals surface area contributed by atoms with Gasteiger partial charge in [0.1, 0.15) is 5.69 Å². The lowest BCUT2D eigenvalue weighted by Gasteiger charge is -2.03. The molecule has 7 heteroatoms. The molecule has 2 heterocycles. The van der Waals surface area contributed by atoms with Crippen LogP contribution in [-0.4, -0.2) is 38.3 Å². The van der Waals surface area contributed by atoms with Crippen LogP contribution in [0.5, 0.6) is 0 Å². The molecule has 2 aromatic heterocycles. The second-order valence-corrected chi connectivity index (χ2v) is 4.94. The van der Waals surface area contributed by atoms with Gasteiger partial charge >= 0.3 is 5.97 Å². The van der Waals surface area contributed by atoms with E-state index in [1.54, 1.807) is 17.8 Å². The third kappa shape index (κ3) is 3.17. The maximum atomic E-state index is 11.6. The quantitative estimate of drug-likeness (QED) is 0.786. The van der Waals surface area contributed by atoms with Crippen LogP contribution in [0.3, 0.4) is 0 Å². The van der Waals surface area contributed by atoms with Gasteiger partial charge in [-0.3, -0.25) is 0 Å². The molecule has 20 heavy (non-hydrogen) atoms. The molecule has 0 unspecified atom stereocenters. The Labute approximate surface area is 117 Å². The van der Waals surface area contributed by atoms with Gasteiger partial charge in [0.05, 0.1) is 13.7 Å². The van der Waals surface area contributed by atoms with Crippen molar-refractivity contribution in [3.05, 3.63) is 23.5 Å². The molecule has 0 radical (unpaired) electrons. The fourth-order valence-corrected chi connectivity index (χ4v) is 1.77. The molecule has 0 aromatic carbocycles. The molecule has 7 nitrogen and oxygen atoms in total. The summed E-state index contributed by atoms with van der Waals surface area (Å²) in [5, 5.41) is 12.3. The highest BCUT2D eigenvalue weighted by Crippen LogP contribution is 2.16. The van der Waals surface area contributed by atoms with Crippen molar-refractivity contribution >= 4 is 5.97 Å². The lowest BCUT2D eigenvalue weighted by atomic mass is 10.2. The Morgan fingerprint density at radius 2 is 2.15 bits per heavy atom. The van der Waals surface area contributed by atoms with E-state index in [9.17, 15) is 4.79 Å². The molecular weight excluding hydrogens is 258 g/mol. The van der Waals surface area contributed by atoms with Crippen LogP contribution in [-0.2, 0) is 11.3 Å². The number of carbonyl (C=O) groups is 1. The molecule has 0 amide bonds. The van der Waals surface area contributed by atoms with Crippen molar-refractivity contribution in [2.45, 2.75) is 27.3 Å². The second-order valence-electron chi connectivity index (χ2n) is 4.94. The lowest BCUT2D eigenvalue weighted by Crippen LogP contribution is -2.08. The van der Waals surface area contributed by atoms with Gasteiger partial charge in [-0.05, 0) is 30.2 Å². The molecule has 0 atom stereocenters. The Kier molecular flexibility index (Phi) is 4.07.